The summed E-state index contributed by atoms with van der Waals surface area (Å²) in [5.74, 6) is -0.302. The van der Waals surface area contributed by atoms with E-state index < -0.39 is 22.0 Å². The average molecular weight is 286 g/mol. The molecule has 5 nitrogen and oxygen atoms in total. The molecule has 0 spiro atoms. The lowest BCUT2D eigenvalue weighted by Gasteiger charge is -2.17. The van der Waals surface area contributed by atoms with Crippen molar-refractivity contribution in [3.05, 3.63) is 30.3 Å². The zero-order valence-corrected chi connectivity index (χ0v) is 11.2. The van der Waals surface area contributed by atoms with Crippen LogP contribution in [0.2, 0.25) is 0 Å². The van der Waals surface area contributed by atoms with E-state index in [9.17, 15) is 13.5 Å². The summed E-state index contributed by atoms with van der Waals surface area (Å²) in [5, 5.41) is 15.7. The molecule has 18 heavy (non-hydrogen) atoms. The third-order valence-corrected chi connectivity index (χ3v) is 4.61. The molecule has 1 aromatic rings. The van der Waals surface area contributed by atoms with Gasteiger partial charge in [-0.25, -0.2) is 8.42 Å². The van der Waals surface area contributed by atoms with E-state index in [1.54, 1.807) is 0 Å². The van der Waals surface area contributed by atoms with Crippen LogP contribution >= 0.6 is 12.2 Å². The fraction of sp³-hybridized carbons (Fsp3) is 0.364. The Morgan fingerprint density at radius 3 is 2.50 bits per heavy atom. The van der Waals surface area contributed by atoms with Crippen LogP contribution in [0.25, 0.3) is 0 Å². The lowest BCUT2D eigenvalue weighted by molar-refractivity contribution is 0.175. The van der Waals surface area contributed by atoms with Crippen molar-refractivity contribution in [3.8, 4) is 0 Å². The molecular weight excluding hydrogens is 272 g/mol. The maximum atomic E-state index is 11.3. The molecule has 2 atom stereocenters. The van der Waals surface area contributed by atoms with Gasteiger partial charge in [-0.15, -0.1) is 0 Å². The second kappa shape index (κ2) is 5.21. The quantitative estimate of drug-likeness (QED) is 0.671. The fourth-order valence-corrected chi connectivity index (χ4v) is 3.83. The molecule has 1 aliphatic heterocycles. The van der Waals surface area contributed by atoms with Gasteiger partial charge >= 0.3 is 0 Å². The van der Waals surface area contributed by atoms with Crippen molar-refractivity contribution in [2.45, 2.75) is 12.1 Å². The summed E-state index contributed by atoms with van der Waals surface area (Å²) in [4.78, 5) is 0. The van der Waals surface area contributed by atoms with E-state index in [2.05, 4.69) is 10.6 Å². The molecule has 1 aromatic carbocycles. The molecule has 7 heteroatoms. The zero-order valence-electron chi connectivity index (χ0n) is 9.54. The number of hydrogen-bond acceptors (Lipinski definition) is 4. The number of sulfone groups is 1. The van der Waals surface area contributed by atoms with Gasteiger partial charge in [-0.05, 0) is 24.4 Å². The van der Waals surface area contributed by atoms with Crippen LogP contribution in [0.1, 0.15) is 0 Å². The smallest absolute Gasteiger partial charge is 0.171 e. The summed E-state index contributed by atoms with van der Waals surface area (Å²) in [6.07, 6.45) is -0.912. The Bertz CT molecular complexity index is 530. The Labute approximate surface area is 111 Å². The highest BCUT2D eigenvalue weighted by molar-refractivity contribution is 7.91. The summed E-state index contributed by atoms with van der Waals surface area (Å²) >= 11 is 5.07. The van der Waals surface area contributed by atoms with Crippen molar-refractivity contribution in [3.63, 3.8) is 0 Å². The van der Waals surface area contributed by atoms with Gasteiger partial charge in [0.2, 0.25) is 0 Å². The highest BCUT2D eigenvalue weighted by Gasteiger charge is 2.36. The van der Waals surface area contributed by atoms with Crippen LogP contribution in [0, 0.1) is 0 Å². The third-order valence-electron chi connectivity index (χ3n) is 2.67. The first kappa shape index (κ1) is 13.3. The van der Waals surface area contributed by atoms with Crippen LogP contribution in [0.4, 0.5) is 5.69 Å². The molecule has 0 radical (unpaired) electrons. The number of benzene rings is 1. The maximum Gasteiger partial charge on any atom is 0.171 e. The summed E-state index contributed by atoms with van der Waals surface area (Å²) in [6, 6.07) is 8.75. The summed E-state index contributed by atoms with van der Waals surface area (Å²) in [7, 11) is -3.16. The molecule has 3 N–H and O–H groups in total. The number of para-hydroxylation sites is 1. The Kier molecular flexibility index (Phi) is 3.84. The van der Waals surface area contributed by atoms with Crippen LogP contribution in [0.15, 0.2) is 30.3 Å². The van der Waals surface area contributed by atoms with Crippen LogP contribution < -0.4 is 10.6 Å². The van der Waals surface area contributed by atoms with Crippen molar-refractivity contribution < 1.29 is 13.5 Å². The molecule has 2 rings (SSSR count). The van der Waals surface area contributed by atoms with E-state index in [1.807, 2.05) is 30.3 Å². The predicted octanol–water partition coefficient (Wildman–Crippen LogP) is 0.131. The topological polar surface area (TPSA) is 78.4 Å². The van der Waals surface area contributed by atoms with Gasteiger partial charge in [-0.3, -0.25) is 0 Å². The first-order chi connectivity index (χ1) is 8.46. The minimum atomic E-state index is -3.16. The molecule has 1 fully saturated rings. The first-order valence-electron chi connectivity index (χ1n) is 5.47. The van der Waals surface area contributed by atoms with Crippen LogP contribution in [0.5, 0.6) is 0 Å². The van der Waals surface area contributed by atoms with Crippen LogP contribution in [0.3, 0.4) is 0 Å². The number of anilines is 1. The predicted molar refractivity (Wildman–Crippen MR) is 74.2 cm³/mol. The van der Waals surface area contributed by atoms with Gasteiger partial charge < -0.3 is 15.7 Å². The lowest BCUT2D eigenvalue weighted by Crippen LogP contribution is -2.44. The lowest BCUT2D eigenvalue weighted by atomic mass is 10.2. The van der Waals surface area contributed by atoms with Crippen molar-refractivity contribution >= 4 is 32.9 Å². The minimum absolute atomic E-state index is 0.0925. The van der Waals surface area contributed by atoms with Crippen molar-refractivity contribution in [2.75, 3.05) is 16.8 Å². The highest BCUT2D eigenvalue weighted by Crippen LogP contribution is 2.13. The maximum absolute atomic E-state index is 11.3. The number of rotatable bonds is 2. The van der Waals surface area contributed by atoms with Crippen LogP contribution in [-0.4, -0.2) is 42.3 Å². The van der Waals surface area contributed by atoms with Crippen LogP contribution in [-0.2, 0) is 9.84 Å². The number of aliphatic hydroxyl groups excluding tert-OH is 1. The molecule has 1 heterocycles. The minimum Gasteiger partial charge on any atom is -0.390 e. The molecule has 0 saturated carbocycles. The van der Waals surface area contributed by atoms with Gasteiger partial charge in [0.15, 0.2) is 14.9 Å². The molecule has 0 aliphatic carbocycles. The monoisotopic (exact) mass is 286 g/mol. The van der Waals surface area contributed by atoms with Gasteiger partial charge in [-0.2, -0.15) is 0 Å². The normalized spacial score (nSPS) is 25.6. The number of aliphatic hydroxyl groups is 1. The molecule has 2 unspecified atom stereocenters. The van der Waals surface area contributed by atoms with Gasteiger partial charge in [0.1, 0.15) is 0 Å². The molecule has 0 bridgehead atoms. The van der Waals surface area contributed by atoms with Gasteiger partial charge in [-0.1, -0.05) is 18.2 Å². The SMILES string of the molecule is O=S1(=O)CC(O)C(NC(=S)Nc2ccccc2)C1. The number of nitrogens with one attached hydrogen (secondary N) is 2. The summed E-state index contributed by atoms with van der Waals surface area (Å²) in [6.45, 7) is 0. The Morgan fingerprint density at radius 2 is 1.94 bits per heavy atom. The standard InChI is InChI=1S/C11H14N2O3S2/c14-10-7-18(15,16)6-9(10)13-11(17)12-8-4-2-1-3-5-8/h1-5,9-10,14H,6-7H2,(H2,12,13,17). The first-order valence-corrected chi connectivity index (χ1v) is 7.70. The molecule has 0 aromatic heterocycles. The van der Waals surface area contributed by atoms with E-state index in [0.29, 0.717) is 5.11 Å². The van der Waals surface area contributed by atoms with Gasteiger partial charge in [0.25, 0.3) is 0 Å². The van der Waals surface area contributed by atoms with Crippen molar-refractivity contribution in [2.24, 2.45) is 0 Å². The molecule has 1 aliphatic rings. The molecular formula is C11H14N2O3S2. The van der Waals surface area contributed by atoms with E-state index in [0.717, 1.165) is 5.69 Å². The Hall–Kier alpha value is -1.18. The largest absolute Gasteiger partial charge is 0.390 e. The zero-order chi connectivity index (χ0) is 13.2. The van der Waals surface area contributed by atoms with E-state index in [4.69, 9.17) is 12.2 Å². The Morgan fingerprint density at radius 1 is 1.28 bits per heavy atom. The highest BCUT2D eigenvalue weighted by atomic mass is 32.2. The second-order valence-corrected chi connectivity index (χ2v) is 6.78. The van der Waals surface area contributed by atoms with Gasteiger partial charge in [0, 0.05) is 5.69 Å². The van der Waals surface area contributed by atoms with Crippen molar-refractivity contribution in [1.29, 1.82) is 0 Å². The van der Waals surface area contributed by atoms with Gasteiger partial charge in [0.05, 0.1) is 23.7 Å². The van der Waals surface area contributed by atoms with E-state index in [1.165, 1.54) is 0 Å². The Balaban J connectivity index is 1.93. The molecule has 1 saturated heterocycles. The second-order valence-electron chi connectivity index (χ2n) is 4.22. The summed E-state index contributed by atoms with van der Waals surface area (Å²) in [5.41, 5.74) is 0.811. The average Bonchev–Trinajstić information content (AvgIpc) is 2.53. The fourth-order valence-electron chi connectivity index (χ4n) is 1.82. The summed E-state index contributed by atoms with van der Waals surface area (Å²) < 4.78 is 22.7. The van der Waals surface area contributed by atoms with Crippen molar-refractivity contribution in [1.82, 2.24) is 5.32 Å². The van der Waals surface area contributed by atoms with E-state index >= 15 is 0 Å². The molecule has 0 amide bonds. The van der Waals surface area contributed by atoms with E-state index in [-0.39, 0.29) is 11.5 Å². The number of thiocarbonyl (C=S) groups is 1. The molecule has 98 valence electrons. The number of hydrogen-bond donors (Lipinski definition) is 3. The third kappa shape index (κ3) is 3.41.